The Hall–Kier alpha value is -1.95. The van der Waals surface area contributed by atoms with Crippen molar-refractivity contribution >= 4 is 17.2 Å². The van der Waals surface area contributed by atoms with Gasteiger partial charge in [-0.15, -0.1) is 11.3 Å². The van der Waals surface area contributed by atoms with Crippen molar-refractivity contribution in [3.8, 4) is 5.75 Å². The van der Waals surface area contributed by atoms with Crippen molar-refractivity contribution in [1.29, 1.82) is 0 Å². The molecule has 0 saturated carbocycles. The lowest BCUT2D eigenvalue weighted by Gasteiger charge is -2.33. The lowest BCUT2D eigenvalue weighted by Crippen LogP contribution is -2.45. The molecule has 0 aliphatic carbocycles. The molecule has 1 aromatic heterocycles. The SMILES string of the molecule is O=C([C@@H]1Cc2cccc(F)c2O1)N1CCC[C@@H](c2nccs2)C1. The number of hydrogen-bond donors (Lipinski definition) is 0. The number of halogens is 1. The van der Waals surface area contributed by atoms with Gasteiger partial charge in [0.05, 0.1) is 5.01 Å². The quantitative estimate of drug-likeness (QED) is 0.849. The van der Waals surface area contributed by atoms with Crippen molar-refractivity contribution in [2.24, 2.45) is 0 Å². The third kappa shape index (κ3) is 2.72. The molecule has 2 atom stereocenters. The van der Waals surface area contributed by atoms with Crippen LogP contribution in [0.15, 0.2) is 29.8 Å². The van der Waals surface area contributed by atoms with E-state index in [4.69, 9.17) is 4.74 Å². The predicted molar refractivity (Wildman–Crippen MR) is 85.2 cm³/mol. The first-order valence-corrected chi connectivity index (χ1v) is 8.72. The van der Waals surface area contributed by atoms with Crippen LogP contribution in [0, 0.1) is 5.82 Å². The average molecular weight is 332 g/mol. The summed E-state index contributed by atoms with van der Waals surface area (Å²) < 4.78 is 19.4. The number of benzene rings is 1. The van der Waals surface area contributed by atoms with Gasteiger partial charge in [-0.1, -0.05) is 12.1 Å². The molecule has 0 unspecified atom stereocenters. The van der Waals surface area contributed by atoms with Gasteiger partial charge in [0.2, 0.25) is 0 Å². The van der Waals surface area contributed by atoms with Crippen LogP contribution in [0.3, 0.4) is 0 Å². The summed E-state index contributed by atoms with van der Waals surface area (Å²) in [5.41, 5.74) is 0.775. The highest BCUT2D eigenvalue weighted by atomic mass is 32.1. The van der Waals surface area contributed by atoms with Crippen LogP contribution in [0.2, 0.25) is 0 Å². The van der Waals surface area contributed by atoms with Gasteiger partial charge >= 0.3 is 0 Å². The van der Waals surface area contributed by atoms with Gasteiger partial charge in [-0.3, -0.25) is 4.79 Å². The van der Waals surface area contributed by atoms with Gasteiger partial charge in [-0.25, -0.2) is 9.37 Å². The zero-order valence-electron chi connectivity index (χ0n) is 12.6. The Bertz CT molecular complexity index is 719. The van der Waals surface area contributed by atoms with E-state index in [9.17, 15) is 9.18 Å². The van der Waals surface area contributed by atoms with Gasteiger partial charge in [0.15, 0.2) is 17.7 Å². The molecule has 1 fully saturated rings. The molecule has 0 bridgehead atoms. The molecule has 0 spiro atoms. The number of ether oxygens (including phenoxy) is 1. The number of thiazole rings is 1. The monoisotopic (exact) mass is 332 g/mol. The van der Waals surface area contributed by atoms with Gasteiger partial charge in [0.1, 0.15) is 0 Å². The summed E-state index contributed by atoms with van der Waals surface area (Å²) in [7, 11) is 0. The largest absolute Gasteiger partial charge is 0.477 e. The molecule has 3 heterocycles. The van der Waals surface area contributed by atoms with E-state index in [1.54, 1.807) is 23.6 Å². The van der Waals surface area contributed by atoms with E-state index in [1.165, 1.54) is 6.07 Å². The third-order valence-corrected chi connectivity index (χ3v) is 5.46. The number of aromatic nitrogens is 1. The fourth-order valence-corrected chi connectivity index (χ4v) is 4.15. The number of likely N-dealkylation sites (tertiary alicyclic amines) is 1. The Balaban J connectivity index is 1.47. The zero-order valence-corrected chi connectivity index (χ0v) is 13.4. The Morgan fingerprint density at radius 2 is 2.35 bits per heavy atom. The van der Waals surface area contributed by atoms with Gasteiger partial charge in [-0.05, 0) is 18.9 Å². The molecule has 0 radical (unpaired) electrons. The summed E-state index contributed by atoms with van der Waals surface area (Å²) in [6.45, 7) is 1.41. The topological polar surface area (TPSA) is 42.4 Å². The lowest BCUT2D eigenvalue weighted by molar-refractivity contribution is -0.139. The molecule has 0 N–H and O–H groups in total. The van der Waals surface area contributed by atoms with Crippen molar-refractivity contribution in [1.82, 2.24) is 9.88 Å². The van der Waals surface area contributed by atoms with E-state index in [0.29, 0.717) is 18.9 Å². The minimum absolute atomic E-state index is 0.0399. The zero-order chi connectivity index (χ0) is 15.8. The summed E-state index contributed by atoms with van der Waals surface area (Å²) >= 11 is 1.64. The van der Waals surface area contributed by atoms with Crippen molar-refractivity contribution < 1.29 is 13.9 Å². The summed E-state index contributed by atoms with van der Waals surface area (Å²) in [5.74, 6) is 0.103. The van der Waals surface area contributed by atoms with Crippen LogP contribution in [0.4, 0.5) is 4.39 Å². The number of carbonyl (C=O) groups is 1. The molecule has 1 amide bonds. The van der Waals surface area contributed by atoms with E-state index in [2.05, 4.69) is 4.98 Å². The number of para-hydroxylation sites is 1. The molecular weight excluding hydrogens is 315 g/mol. The van der Waals surface area contributed by atoms with E-state index >= 15 is 0 Å². The minimum Gasteiger partial charge on any atom is -0.477 e. The molecule has 2 aliphatic rings. The summed E-state index contributed by atoms with van der Waals surface area (Å²) in [6.07, 6.45) is 3.67. The van der Waals surface area contributed by atoms with Gasteiger partial charge in [-0.2, -0.15) is 0 Å². The van der Waals surface area contributed by atoms with Crippen LogP contribution in [0.25, 0.3) is 0 Å². The standard InChI is InChI=1S/C17H17FN2O2S/c18-13-5-1-3-11-9-14(22-15(11)13)17(21)20-7-2-4-12(10-20)16-19-6-8-23-16/h1,3,5-6,8,12,14H,2,4,7,9-10H2/t12-,14+/m1/s1. The van der Waals surface area contributed by atoms with Crippen LogP contribution in [0.1, 0.15) is 29.3 Å². The molecule has 23 heavy (non-hydrogen) atoms. The van der Waals surface area contributed by atoms with Crippen LogP contribution in [-0.4, -0.2) is 35.0 Å². The van der Waals surface area contributed by atoms with Crippen molar-refractivity contribution in [2.45, 2.75) is 31.3 Å². The molecule has 4 rings (SSSR count). The van der Waals surface area contributed by atoms with E-state index in [1.807, 2.05) is 16.3 Å². The predicted octanol–water partition coefficient (Wildman–Crippen LogP) is 2.99. The fraction of sp³-hybridized carbons (Fsp3) is 0.412. The Labute approximate surface area is 137 Å². The summed E-state index contributed by atoms with van der Waals surface area (Å²) in [4.78, 5) is 19.0. The first kappa shape index (κ1) is 14.6. The molecule has 1 saturated heterocycles. The van der Waals surface area contributed by atoms with Crippen LogP contribution < -0.4 is 4.74 Å². The molecule has 2 aliphatic heterocycles. The number of piperidine rings is 1. The van der Waals surface area contributed by atoms with Crippen molar-refractivity contribution in [3.63, 3.8) is 0 Å². The number of nitrogens with zero attached hydrogens (tertiary/aromatic N) is 2. The van der Waals surface area contributed by atoms with Crippen LogP contribution in [0.5, 0.6) is 5.75 Å². The number of carbonyl (C=O) groups excluding carboxylic acids is 1. The van der Waals surface area contributed by atoms with Crippen LogP contribution >= 0.6 is 11.3 Å². The first-order valence-electron chi connectivity index (χ1n) is 7.84. The maximum Gasteiger partial charge on any atom is 0.264 e. The smallest absolute Gasteiger partial charge is 0.264 e. The van der Waals surface area contributed by atoms with E-state index in [0.717, 1.165) is 30.0 Å². The van der Waals surface area contributed by atoms with Gasteiger partial charge in [0, 0.05) is 42.6 Å². The molecule has 1 aromatic carbocycles. The number of fused-ring (bicyclic) bond motifs is 1. The second-order valence-electron chi connectivity index (χ2n) is 6.03. The fourth-order valence-electron chi connectivity index (χ4n) is 3.39. The normalized spacial score (nSPS) is 23.4. The maximum atomic E-state index is 13.8. The van der Waals surface area contributed by atoms with E-state index < -0.39 is 11.9 Å². The van der Waals surface area contributed by atoms with Crippen LogP contribution in [-0.2, 0) is 11.2 Å². The Morgan fingerprint density at radius 1 is 1.43 bits per heavy atom. The maximum absolute atomic E-state index is 13.8. The first-order chi connectivity index (χ1) is 11.2. The van der Waals surface area contributed by atoms with E-state index in [-0.39, 0.29) is 11.7 Å². The minimum atomic E-state index is -0.600. The number of hydrogen-bond acceptors (Lipinski definition) is 4. The molecule has 120 valence electrons. The third-order valence-electron chi connectivity index (χ3n) is 4.52. The highest BCUT2D eigenvalue weighted by Crippen LogP contribution is 2.33. The number of amides is 1. The van der Waals surface area contributed by atoms with Crippen molar-refractivity contribution in [3.05, 3.63) is 46.2 Å². The Kier molecular flexibility index (Phi) is 3.77. The lowest BCUT2D eigenvalue weighted by atomic mass is 9.98. The molecule has 2 aromatic rings. The van der Waals surface area contributed by atoms with Gasteiger partial charge < -0.3 is 9.64 Å². The summed E-state index contributed by atoms with van der Waals surface area (Å²) in [5, 5.41) is 3.06. The Morgan fingerprint density at radius 3 is 3.13 bits per heavy atom. The van der Waals surface area contributed by atoms with Crippen molar-refractivity contribution in [2.75, 3.05) is 13.1 Å². The summed E-state index contributed by atoms with van der Waals surface area (Å²) in [6, 6.07) is 4.84. The molecular formula is C17H17FN2O2S. The van der Waals surface area contributed by atoms with Gasteiger partial charge in [0.25, 0.3) is 5.91 Å². The second kappa shape index (κ2) is 5.92. The number of rotatable bonds is 2. The average Bonchev–Trinajstić information content (AvgIpc) is 3.24. The highest BCUT2D eigenvalue weighted by Gasteiger charge is 2.36. The molecule has 4 nitrogen and oxygen atoms in total. The second-order valence-corrected chi connectivity index (χ2v) is 6.96. The highest BCUT2D eigenvalue weighted by molar-refractivity contribution is 7.09. The molecule has 6 heteroatoms.